The van der Waals surface area contributed by atoms with E-state index in [0.29, 0.717) is 17.7 Å². The molecule has 1 aromatic heterocycles. The Balaban J connectivity index is 1.54. The van der Waals surface area contributed by atoms with Crippen molar-refractivity contribution in [3.63, 3.8) is 0 Å². The van der Waals surface area contributed by atoms with Crippen LogP contribution in [0.3, 0.4) is 0 Å². The van der Waals surface area contributed by atoms with Crippen LogP contribution in [-0.4, -0.2) is 29.9 Å². The predicted molar refractivity (Wildman–Crippen MR) is 104 cm³/mol. The Labute approximate surface area is 157 Å². The molecule has 0 saturated carbocycles. The molecule has 0 saturated heterocycles. The summed E-state index contributed by atoms with van der Waals surface area (Å²) in [6.45, 7) is 0.656. The summed E-state index contributed by atoms with van der Waals surface area (Å²) >= 11 is 0. The van der Waals surface area contributed by atoms with Gasteiger partial charge in [-0.3, -0.25) is 9.78 Å². The molecule has 2 aromatic carbocycles. The van der Waals surface area contributed by atoms with Gasteiger partial charge in [0, 0.05) is 38.1 Å². The summed E-state index contributed by atoms with van der Waals surface area (Å²) in [5, 5.41) is 0. The number of aromatic nitrogens is 1. The molecule has 27 heavy (non-hydrogen) atoms. The number of anilines is 1. The Morgan fingerprint density at radius 3 is 2.48 bits per heavy atom. The lowest BCUT2D eigenvalue weighted by molar-refractivity contribution is 0.0765. The molecule has 2 heterocycles. The summed E-state index contributed by atoms with van der Waals surface area (Å²) in [6.07, 6.45) is 1.67. The van der Waals surface area contributed by atoms with Crippen LogP contribution in [0.25, 0.3) is 11.1 Å². The number of pyridine rings is 1. The van der Waals surface area contributed by atoms with Gasteiger partial charge in [-0.25, -0.2) is 4.39 Å². The minimum absolute atomic E-state index is 0.0964. The molecule has 136 valence electrons. The van der Waals surface area contributed by atoms with E-state index < -0.39 is 0 Å². The van der Waals surface area contributed by atoms with Crippen LogP contribution in [0.2, 0.25) is 0 Å². The molecule has 1 aliphatic rings. The zero-order chi connectivity index (χ0) is 19.0. The molecule has 5 heteroatoms. The summed E-state index contributed by atoms with van der Waals surface area (Å²) in [5.74, 6) is -0.401. The molecule has 0 N–H and O–H groups in total. The van der Waals surface area contributed by atoms with Crippen molar-refractivity contribution in [1.29, 1.82) is 0 Å². The van der Waals surface area contributed by atoms with Gasteiger partial charge in [0.15, 0.2) is 0 Å². The Morgan fingerprint density at radius 1 is 1.07 bits per heavy atom. The minimum Gasteiger partial charge on any atom is -0.378 e. The Hall–Kier alpha value is -3.21. The highest BCUT2D eigenvalue weighted by molar-refractivity contribution is 5.97. The second-order valence-corrected chi connectivity index (χ2v) is 6.91. The third-order valence-electron chi connectivity index (χ3n) is 4.88. The van der Waals surface area contributed by atoms with Crippen molar-refractivity contribution in [3.8, 4) is 11.1 Å². The van der Waals surface area contributed by atoms with Crippen LogP contribution in [0.5, 0.6) is 0 Å². The van der Waals surface area contributed by atoms with Crippen LogP contribution in [0.1, 0.15) is 21.6 Å². The first-order valence-corrected chi connectivity index (χ1v) is 8.82. The number of hydrogen-bond acceptors (Lipinski definition) is 3. The summed E-state index contributed by atoms with van der Waals surface area (Å²) in [6, 6.07) is 16.7. The van der Waals surface area contributed by atoms with E-state index in [0.717, 1.165) is 22.5 Å². The van der Waals surface area contributed by atoms with E-state index in [9.17, 15) is 9.18 Å². The average Bonchev–Trinajstić information content (AvgIpc) is 2.99. The molecule has 3 aromatic rings. The quantitative estimate of drug-likeness (QED) is 0.702. The zero-order valence-electron chi connectivity index (χ0n) is 15.3. The first-order chi connectivity index (χ1) is 13.0. The average molecular weight is 361 g/mol. The fourth-order valence-corrected chi connectivity index (χ4v) is 3.32. The second kappa shape index (κ2) is 6.83. The molecule has 1 aliphatic heterocycles. The SMILES string of the molecule is CN(C)c1ccc(-c2ccc(CN3Cc4ncccc4C3=O)c(F)c2)cc1. The molecule has 1 amide bonds. The van der Waals surface area contributed by atoms with Gasteiger partial charge in [0.25, 0.3) is 5.91 Å². The standard InChI is InChI=1S/C22H20FN3O/c1-25(2)18-9-7-15(8-10-18)16-5-6-17(20(23)12-16)13-26-14-21-19(22(26)27)4-3-11-24-21/h3-12H,13-14H2,1-2H3. The smallest absolute Gasteiger partial charge is 0.256 e. The molecule has 0 aliphatic carbocycles. The second-order valence-electron chi connectivity index (χ2n) is 6.91. The van der Waals surface area contributed by atoms with Gasteiger partial charge in [0.2, 0.25) is 0 Å². The topological polar surface area (TPSA) is 36.4 Å². The van der Waals surface area contributed by atoms with Crippen LogP contribution in [0.4, 0.5) is 10.1 Å². The summed E-state index contributed by atoms with van der Waals surface area (Å²) in [5.41, 5.74) is 4.73. The Bertz CT molecular complexity index is 999. The predicted octanol–water partition coefficient (Wildman–Crippen LogP) is 4.11. The van der Waals surface area contributed by atoms with Crippen LogP contribution in [-0.2, 0) is 13.1 Å². The maximum Gasteiger partial charge on any atom is 0.256 e. The first-order valence-electron chi connectivity index (χ1n) is 8.82. The fraction of sp³-hybridized carbons (Fsp3) is 0.182. The van der Waals surface area contributed by atoms with Gasteiger partial charge in [-0.1, -0.05) is 24.3 Å². The number of benzene rings is 2. The third-order valence-corrected chi connectivity index (χ3v) is 4.88. The number of carbonyl (C=O) groups excluding carboxylic acids is 1. The van der Waals surface area contributed by atoms with Crippen LogP contribution in [0, 0.1) is 5.82 Å². The lowest BCUT2D eigenvalue weighted by atomic mass is 10.0. The van der Waals surface area contributed by atoms with Crippen LogP contribution in [0.15, 0.2) is 60.8 Å². The molecule has 0 spiro atoms. The molecular formula is C22H20FN3O. The van der Waals surface area contributed by atoms with E-state index in [1.165, 1.54) is 6.07 Å². The lowest BCUT2D eigenvalue weighted by Gasteiger charge is -2.16. The molecule has 0 radical (unpaired) electrons. The van der Waals surface area contributed by atoms with Gasteiger partial charge in [-0.05, 0) is 41.5 Å². The van der Waals surface area contributed by atoms with Gasteiger partial charge in [0.1, 0.15) is 5.82 Å². The van der Waals surface area contributed by atoms with Gasteiger partial charge in [0.05, 0.1) is 17.8 Å². The monoisotopic (exact) mass is 361 g/mol. The summed E-state index contributed by atoms with van der Waals surface area (Å²) < 4.78 is 14.7. The van der Waals surface area contributed by atoms with Crippen LogP contribution < -0.4 is 4.90 Å². The van der Waals surface area contributed by atoms with Gasteiger partial charge in [-0.2, -0.15) is 0 Å². The van der Waals surface area contributed by atoms with Gasteiger partial charge < -0.3 is 9.80 Å². The summed E-state index contributed by atoms with van der Waals surface area (Å²) in [4.78, 5) is 20.3. The fourth-order valence-electron chi connectivity index (χ4n) is 3.32. The van der Waals surface area contributed by atoms with E-state index in [1.807, 2.05) is 49.3 Å². The van der Waals surface area contributed by atoms with Crippen molar-refractivity contribution in [2.24, 2.45) is 0 Å². The molecule has 4 nitrogen and oxygen atoms in total. The largest absolute Gasteiger partial charge is 0.378 e. The van der Waals surface area contributed by atoms with E-state index in [-0.39, 0.29) is 18.3 Å². The number of carbonyl (C=O) groups is 1. The number of halogens is 1. The van der Waals surface area contributed by atoms with Crippen LogP contribution >= 0.6 is 0 Å². The lowest BCUT2D eigenvalue weighted by Crippen LogP contribution is -2.23. The Morgan fingerprint density at radius 2 is 1.81 bits per heavy atom. The van der Waals surface area contributed by atoms with Crippen molar-refractivity contribution in [2.45, 2.75) is 13.1 Å². The molecule has 0 fully saturated rings. The highest BCUT2D eigenvalue weighted by Gasteiger charge is 2.28. The number of nitrogens with zero attached hydrogens (tertiary/aromatic N) is 3. The molecule has 0 unspecified atom stereocenters. The van der Waals surface area contributed by atoms with E-state index in [1.54, 1.807) is 29.3 Å². The third kappa shape index (κ3) is 3.28. The number of hydrogen-bond donors (Lipinski definition) is 0. The Kier molecular flexibility index (Phi) is 4.36. The van der Waals surface area contributed by atoms with Crippen molar-refractivity contribution in [2.75, 3.05) is 19.0 Å². The van der Waals surface area contributed by atoms with Crippen molar-refractivity contribution in [3.05, 3.63) is 83.4 Å². The highest BCUT2D eigenvalue weighted by atomic mass is 19.1. The maximum atomic E-state index is 14.7. The maximum absolute atomic E-state index is 14.7. The zero-order valence-corrected chi connectivity index (χ0v) is 15.3. The van der Waals surface area contributed by atoms with Crippen molar-refractivity contribution < 1.29 is 9.18 Å². The number of rotatable bonds is 4. The normalized spacial score (nSPS) is 13.0. The van der Waals surface area contributed by atoms with E-state index in [2.05, 4.69) is 4.98 Å². The first kappa shape index (κ1) is 17.2. The molecule has 0 bridgehead atoms. The van der Waals surface area contributed by atoms with E-state index >= 15 is 0 Å². The summed E-state index contributed by atoms with van der Waals surface area (Å²) in [7, 11) is 3.97. The van der Waals surface area contributed by atoms with Crippen molar-refractivity contribution >= 4 is 11.6 Å². The minimum atomic E-state index is -0.305. The molecule has 4 rings (SSSR count). The van der Waals surface area contributed by atoms with Gasteiger partial charge in [-0.15, -0.1) is 0 Å². The van der Waals surface area contributed by atoms with Gasteiger partial charge >= 0.3 is 0 Å². The molecule has 0 atom stereocenters. The molecular weight excluding hydrogens is 341 g/mol. The van der Waals surface area contributed by atoms with Crippen molar-refractivity contribution in [1.82, 2.24) is 9.88 Å². The van der Waals surface area contributed by atoms with E-state index in [4.69, 9.17) is 0 Å². The number of amides is 1. The highest BCUT2D eigenvalue weighted by Crippen LogP contribution is 2.27. The number of fused-ring (bicyclic) bond motifs is 1.